The van der Waals surface area contributed by atoms with Gasteiger partial charge in [0.05, 0.1) is 12.8 Å². The summed E-state index contributed by atoms with van der Waals surface area (Å²) in [6.45, 7) is 0. The summed E-state index contributed by atoms with van der Waals surface area (Å²) in [5, 5.41) is 3.05. The maximum atomic E-state index is 12.8. The van der Waals surface area contributed by atoms with Gasteiger partial charge in [0.15, 0.2) is 0 Å². The van der Waals surface area contributed by atoms with Crippen molar-refractivity contribution in [2.45, 2.75) is 0 Å². The Hall–Kier alpha value is -2.02. The van der Waals surface area contributed by atoms with E-state index in [0.29, 0.717) is 16.5 Å². The number of nitrogens with zero attached hydrogens (tertiary/aromatic N) is 1. The SMILES string of the molecule is COc1ccc(Cl)cc1N1C(=O)C(Cl)=C(Nc2ccc(Br)cc2)C1=O. The first-order valence-electron chi connectivity index (χ1n) is 7.07. The van der Waals surface area contributed by atoms with Gasteiger partial charge in [-0.05, 0) is 42.5 Å². The molecule has 1 N–H and O–H groups in total. The largest absolute Gasteiger partial charge is 0.495 e. The first kappa shape index (κ1) is 17.8. The number of carbonyl (C=O) groups excluding carboxylic acids is 2. The van der Waals surface area contributed by atoms with Crippen LogP contribution in [0.2, 0.25) is 5.02 Å². The minimum atomic E-state index is -0.646. The van der Waals surface area contributed by atoms with E-state index in [0.717, 1.165) is 9.37 Å². The van der Waals surface area contributed by atoms with Crippen molar-refractivity contribution in [2.75, 3.05) is 17.3 Å². The Morgan fingerprint density at radius 2 is 1.72 bits per heavy atom. The Kier molecular flexibility index (Phi) is 5.03. The quantitative estimate of drug-likeness (QED) is 0.707. The Morgan fingerprint density at radius 3 is 2.36 bits per heavy atom. The van der Waals surface area contributed by atoms with Gasteiger partial charge < -0.3 is 10.1 Å². The second kappa shape index (κ2) is 7.07. The van der Waals surface area contributed by atoms with Crippen LogP contribution in [-0.4, -0.2) is 18.9 Å². The van der Waals surface area contributed by atoms with Crippen molar-refractivity contribution in [1.82, 2.24) is 0 Å². The van der Waals surface area contributed by atoms with E-state index in [-0.39, 0.29) is 16.4 Å². The minimum absolute atomic E-state index is 0.00369. The lowest BCUT2D eigenvalue weighted by atomic mass is 10.2. The van der Waals surface area contributed by atoms with Crippen LogP contribution in [0.25, 0.3) is 0 Å². The second-order valence-corrected chi connectivity index (χ2v) is 6.81. The molecule has 0 bridgehead atoms. The van der Waals surface area contributed by atoms with Crippen molar-refractivity contribution < 1.29 is 14.3 Å². The third-order valence-corrected chi connectivity index (χ3v) is 4.64. The van der Waals surface area contributed by atoms with Crippen LogP contribution in [0.15, 0.2) is 57.7 Å². The molecule has 1 heterocycles. The molecule has 0 unspecified atom stereocenters. The van der Waals surface area contributed by atoms with Crippen LogP contribution in [0.4, 0.5) is 11.4 Å². The molecular weight excluding hydrogens is 431 g/mol. The molecule has 25 heavy (non-hydrogen) atoms. The highest BCUT2D eigenvalue weighted by molar-refractivity contribution is 9.10. The monoisotopic (exact) mass is 440 g/mol. The molecule has 1 aliphatic heterocycles. The Bertz CT molecular complexity index is 897. The Balaban J connectivity index is 1.96. The number of amides is 2. The van der Waals surface area contributed by atoms with E-state index in [1.807, 2.05) is 0 Å². The normalized spacial score (nSPS) is 14.3. The number of carbonyl (C=O) groups is 2. The fraction of sp³-hybridized carbons (Fsp3) is 0.0588. The average molecular weight is 442 g/mol. The van der Waals surface area contributed by atoms with Gasteiger partial charge in [-0.15, -0.1) is 0 Å². The molecule has 0 atom stereocenters. The van der Waals surface area contributed by atoms with Gasteiger partial charge in [-0.2, -0.15) is 0 Å². The van der Waals surface area contributed by atoms with Gasteiger partial charge in [0.2, 0.25) is 0 Å². The van der Waals surface area contributed by atoms with Crippen LogP contribution < -0.4 is 15.0 Å². The van der Waals surface area contributed by atoms with Gasteiger partial charge in [-0.25, -0.2) is 4.90 Å². The number of ether oxygens (including phenoxy) is 1. The molecule has 0 aliphatic carbocycles. The summed E-state index contributed by atoms with van der Waals surface area (Å²) in [6.07, 6.45) is 0. The predicted octanol–water partition coefficient (Wildman–Crippen LogP) is 4.55. The summed E-state index contributed by atoms with van der Waals surface area (Å²) >= 11 is 15.4. The van der Waals surface area contributed by atoms with E-state index in [4.69, 9.17) is 27.9 Å². The second-order valence-electron chi connectivity index (χ2n) is 5.08. The molecular formula is C17H11BrCl2N2O3. The van der Waals surface area contributed by atoms with Crippen LogP contribution in [0.3, 0.4) is 0 Å². The van der Waals surface area contributed by atoms with Gasteiger partial charge in [-0.3, -0.25) is 9.59 Å². The summed E-state index contributed by atoms with van der Waals surface area (Å²) < 4.78 is 6.11. The Morgan fingerprint density at radius 1 is 1.04 bits per heavy atom. The van der Waals surface area contributed by atoms with Gasteiger partial charge in [0, 0.05) is 15.2 Å². The summed E-state index contributed by atoms with van der Waals surface area (Å²) in [7, 11) is 1.44. The van der Waals surface area contributed by atoms with Crippen molar-refractivity contribution >= 4 is 62.3 Å². The molecule has 1 aliphatic rings. The lowest BCUT2D eigenvalue weighted by Crippen LogP contribution is -2.32. The molecule has 0 radical (unpaired) electrons. The molecule has 0 saturated heterocycles. The van der Waals surface area contributed by atoms with E-state index in [1.165, 1.54) is 13.2 Å². The number of hydrogen-bond acceptors (Lipinski definition) is 4. The first-order chi connectivity index (χ1) is 11.9. The molecule has 0 spiro atoms. The average Bonchev–Trinajstić information content (AvgIpc) is 2.80. The van der Waals surface area contributed by atoms with Crippen molar-refractivity contribution in [3.8, 4) is 5.75 Å². The van der Waals surface area contributed by atoms with E-state index >= 15 is 0 Å². The highest BCUT2D eigenvalue weighted by Crippen LogP contribution is 2.37. The third kappa shape index (κ3) is 3.38. The molecule has 3 rings (SSSR count). The molecule has 5 nitrogen and oxygen atoms in total. The van der Waals surface area contributed by atoms with Gasteiger partial charge >= 0.3 is 0 Å². The molecule has 2 amide bonds. The minimum Gasteiger partial charge on any atom is -0.495 e. The van der Waals surface area contributed by atoms with Gasteiger partial charge in [-0.1, -0.05) is 39.1 Å². The molecule has 0 aromatic heterocycles. The lowest BCUT2D eigenvalue weighted by Gasteiger charge is -2.18. The highest BCUT2D eigenvalue weighted by Gasteiger charge is 2.40. The zero-order chi connectivity index (χ0) is 18.1. The van der Waals surface area contributed by atoms with Crippen molar-refractivity contribution in [1.29, 1.82) is 0 Å². The summed E-state index contributed by atoms with van der Waals surface area (Å²) in [5.41, 5.74) is 0.851. The summed E-state index contributed by atoms with van der Waals surface area (Å²) in [6, 6.07) is 11.8. The number of methoxy groups -OCH3 is 1. The van der Waals surface area contributed by atoms with E-state index in [2.05, 4.69) is 21.2 Å². The fourth-order valence-electron chi connectivity index (χ4n) is 2.35. The molecule has 2 aromatic rings. The number of halogens is 3. The van der Waals surface area contributed by atoms with Crippen molar-refractivity contribution in [3.05, 3.63) is 62.7 Å². The van der Waals surface area contributed by atoms with Crippen LogP contribution in [0.1, 0.15) is 0 Å². The molecule has 0 saturated carbocycles. The van der Waals surface area contributed by atoms with Crippen molar-refractivity contribution in [2.24, 2.45) is 0 Å². The van der Waals surface area contributed by atoms with E-state index in [9.17, 15) is 9.59 Å². The van der Waals surface area contributed by atoms with Crippen LogP contribution >= 0.6 is 39.1 Å². The van der Waals surface area contributed by atoms with Gasteiger partial charge in [0.1, 0.15) is 16.5 Å². The van der Waals surface area contributed by atoms with Crippen LogP contribution in [-0.2, 0) is 9.59 Å². The summed E-state index contributed by atoms with van der Waals surface area (Å²) in [5.74, 6) is -0.897. The van der Waals surface area contributed by atoms with E-state index in [1.54, 1.807) is 36.4 Å². The molecule has 8 heteroatoms. The Labute approximate surface area is 162 Å². The maximum absolute atomic E-state index is 12.8. The fourth-order valence-corrected chi connectivity index (χ4v) is 2.99. The standard InChI is InChI=1S/C17H11BrCl2N2O3/c1-25-13-7-4-10(19)8-12(13)22-16(23)14(20)15(17(22)24)21-11-5-2-9(18)3-6-11/h2-8,21H,1H3. The highest BCUT2D eigenvalue weighted by atomic mass is 79.9. The van der Waals surface area contributed by atoms with Crippen LogP contribution in [0.5, 0.6) is 5.75 Å². The maximum Gasteiger partial charge on any atom is 0.283 e. The van der Waals surface area contributed by atoms with Gasteiger partial charge in [0.25, 0.3) is 11.8 Å². The third-order valence-electron chi connectivity index (χ3n) is 3.52. The number of anilines is 2. The predicted molar refractivity (Wildman–Crippen MR) is 101 cm³/mol. The van der Waals surface area contributed by atoms with Crippen molar-refractivity contribution in [3.63, 3.8) is 0 Å². The van der Waals surface area contributed by atoms with Crippen LogP contribution in [0, 0.1) is 0 Å². The molecule has 0 fully saturated rings. The molecule has 128 valence electrons. The zero-order valence-corrected chi connectivity index (χ0v) is 15.9. The zero-order valence-electron chi connectivity index (χ0n) is 12.8. The number of rotatable bonds is 4. The number of imide groups is 1. The lowest BCUT2D eigenvalue weighted by molar-refractivity contribution is -0.120. The molecule has 2 aromatic carbocycles. The number of benzene rings is 2. The van der Waals surface area contributed by atoms with E-state index < -0.39 is 11.8 Å². The number of nitrogens with one attached hydrogen (secondary N) is 1. The summed E-state index contributed by atoms with van der Waals surface area (Å²) in [4.78, 5) is 26.2. The number of hydrogen-bond donors (Lipinski definition) is 1. The topological polar surface area (TPSA) is 58.6 Å². The first-order valence-corrected chi connectivity index (χ1v) is 8.62. The smallest absolute Gasteiger partial charge is 0.283 e.